The molecule has 0 radical (unpaired) electrons. The molecule has 0 saturated heterocycles. The molecule has 0 aliphatic carbocycles. The predicted molar refractivity (Wildman–Crippen MR) is 82.9 cm³/mol. The average Bonchev–Trinajstić information content (AvgIpc) is 2.87. The summed E-state index contributed by atoms with van der Waals surface area (Å²) in [5.74, 6) is -0.195. The molecule has 100 valence electrons. The largest absolute Gasteiger partial charge is 0.506 e. The van der Waals surface area contributed by atoms with Crippen molar-refractivity contribution in [3.8, 4) is 5.75 Å². The number of carbonyl (C=O) groups is 1. The van der Waals surface area contributed by atoms with Crippen LogP contribution in [0, 0.1) is 0 Å². The fourth-order valence-corrected chi connectivity index (χ4v) is 3.01. The molecule has 2 N–H and O–H groups in total. The van der Waals surface area contributed by atoms with Crippen molar-refractivity contribution < 1.29 is 9.90 Å². The number of benzene rings is 2. The van der Waals surface area contributed by atoms with Crippen LogP contribution in [0.5, 0.6) is 5.75 Å². The van der Waals surface area contributed by atoms with E-state index in [1.165, 1.54) is 23.5 Å². The van der Waals surface area contributed by atoms with Crippen LogP contribution < -0.4 is 5.32 Å². The quantitative estimate of drug-likeness (QED) is 0.684. The molecule has 3 rings (SSSR count). The van der Waals surface area contributed by atoms with Gasteiger partial charge in [-0.25, -0.2) is 0 Å². The van der Waals surface area contributed by atoms with Crippen molar-refractivity contribution >= 4 is 44.6 Å². The second-order valence-electron chi connectivity index (χ2n) is 4.27. The number of fused-ring (bicyclic) bond motifs is 1. The Morgan fingerprint density at radius 2 is 1.95 bits per heavy atom. The summed E-state index contributed by atoms with van der Waals surface area (Å²) in [6, 6.07) is 14.3. The summed E-state index contributed by atoms with van der Waals surface area (Å²) >= 11 is 7.25. The van der Waals surface area contributed by atoms with E-state index in [1.54, 1.807) is 6.07 Å². The van der Waals surface area contributed by atoms with Gasteiger partial charge in [-0.1, -0.05) is 29.8 Å². The number of phenols is 1. The minimum absolute atomic E-state index is 0.00784. The summed E-state index contributed by atoms with van der Waals surface area (Å²) in [5, 5.41) is 13.4. The summed E-state index contributed by atoms with van der Waals surface area (Å²) in [7, 11) is 0. The van der Waals surface area contributed by atoms with E-state index in [1.807, 2.05) is 30.3 Å². The summed E-state index contributed by atoms with van der Waals surface area (Å²) < 4.78 is 1.07. The number of amides is 1. The van der Waals surface area contributed by atoms with E-state index in [4.69, 9.17) is 11.6 Å². The van der Waals surface area contributed by atoms with E-state index in [-0.39, 0.29) is 16.7 Å². The van der Waals surface area contributed by atoms with Gasteiger partial charge >= 0.3 is 0 Å². The normalized spacial score (nSPS) is 10.7. The first-order valence-corrected chi connectivity index (χ1v) is 7.11. The van der Waals surface area contributed by atoms with Crippen LogP contribution in [-0.4, -0.2) is 11.0 Å². The molecular formula is C15H10ClNO2S. The number of thiophene rings is 1. The molecular weight excluding hydrogens is 294 g/mol. The van der Waals surface area contributed by atoms with Crippen LogP contribution in [0.2, 0.25) is 5.02 Å². The molecule has 0 saturated carbocycles. The Bertz CT molecular complexity index is 764. The van der Waals surface area contributed by atoms with Gasteiger partial charge < -0.3 is 10.4 Å². The Kier molecular flexibility index (Phi) is 3.34. The van der Waals surface area contributed by atoms with Crippen LogP contribution >= 0.6 is 22.9 Å². The van der Waals surface area contributed by atoms with Crippen molar-refractivity contribution in [2.24, 2.45) is 0 Å². The zero-order chi connectivity index (χ0) is 14.1. The number of rotatable bonds is 2. The fourth-order valence-electron chi connectivity index (χ4n) is 1.87. The SMILES string of the molecule is O=C(Nc1ccc(O)c(Cl)c1)c1cc2ccccc2s1. The van der Waals surface area contributed by atoms with Gasteiger partial charge in [0.15, 0.2) is 0 Å². The lowest BCUT2D eigenvalue weighted by molar-refractivity contribution is 0.103. The van der Waals surface area contributed by atoms with Gasteiger partial charge in [-0.15, -0.1) is 11.3 Å². The number of carbonyl (C=O) groups excluding carboxylic acids is 1. The summed E-state index contributed by atoms with van der Waals surface area (Å²) in [5.41, 5.74) is 0.551. The van der Waals surface area contributed by atoms with Crippen molar-refractivity contribution in [3.05, 3.63) is 58.4 Å². The molecule has 0 aliphatic rings. The minimum atomic E-state index is -0.187. The third kappa shape index (κ3) is 2.48. The third-order valence-electron chi connectivity index (χ3n) is 2.85. The van der Waals surface area contributed by atoms with E-state index in [0.29, 0.717) is 10.6 Å². The van der Waals surface area contributed by atoms with Gasteiger partial charge in [-0.2, -0.15) is 0 Å². The first-order valence-electron chi connectivity index (χ1n) is 5.92. The van der Waals surface area contributed by atoms with Gasteiger partial charge in [-0.3, -0.25) is 4.79 Å². The molecule has 3 aromatic rings. The van der Waals surface area contributed by atoms with Crippen molar-refractivity contribution in [2.75, 3.05) is 5.32 Å². The molecule has 1 amide bonds. The van der Waals surface area contributed by atoms with E-state index in [0.717, 1.165) is 10.1 Å². The summed E-state index contributed by atoms with van der Waals surface area (Å²) in [4.78, 5) is 12.8. The van der Waals surface area contributed by atoms with Crippen molar-refractivity contribution in [3.63, 3.8) is 0 Å². The number of phenolic OH excluding ortho intramolecular Hbond substituents is 1. The standard InChI is InChI=1S/C15H10ClNO2S/c16-11-8-10(5-6-12(11)18)17-15(19)14-7-9-3-1-2-4-13(9)20-14/h1-8,18H,(H,17,19). The molecule has 0 aliphatic heterocycles. The van der Waals surface area contributed by atoms with E-state index in [2.05, 4.69) is 5.32 Å². The molecule has 20 heavy (non-hydrogen) atoms. The topological polar surface area (TPSA) is 49.3 Å². The van der Waals surface area contributed by atoms with Crippen molar-refractivity contribution in [1.82, 2.24) is 0 Å². The number of hydrogen-bond acceptors (Lipinski definition) is 3. The van der Waals surface area contributed by atoms with Gasteiger partial charge in [0.1, 0.15) is 5.75 Å². The Labute approximate surface area is 124 Å². The predicted octanol–water partition coefficient (Wildman–Crippen LogP) is 4.51. The molecule has 0 bridgehead atoms. The second kappa shape index (κ2) is 5.15. The first-order chi connectivity index (χ1) is 9.63. The Hall–Kier alpha value is -2.04. The van der Waals surface area contributed by atoms with Crippen LogP contribution in [0.25, 0.3) is 10.1 Å². The van der Waals surface area contributed by atoms with Crippen LogP contribution in [-0.2, 0) is 0 Å². The minimum Gasteiger partial charge on any atom is -0.506 e. The number of halogens is 1. The molecule has 0 fully saturated rings. The number of nitrogens with one attached hydrogen (secondary N) is 1. The highest BCUT2D eigenvalue weighted by atomic mass is 35.5. The third-order valence-corrected chi connectivity index (χ3v) is 4.27. The van der Waals surface area contributed by atoms with Gasteiger partial charge in [0.25, 0.3) is 5.91 Å². The van der Waals surface area contributed by atoms with Crippen molar-refractivity contribution in [1.29, 1.82) is 0 Å². The Balaban J connectivity index is 1.86. The van der Waals surface area contributed by atoms with Gasteiger partial charge in [0.05, 0.1) is 9.90 Å². The maximum atomic E-state index is 12.2. The molecule has 5 heteroatoms. The highest BCUT2D eigenvalue weighted by molar-refractivity contribution is 7.20. The Morgan fingerprint density at radius 3 is 2.70 bits per heavy atom. The van der Waals surface area contributed by atoms with E-state index in [9.17, 15) is 9.90 Å². The maximum absolute atomic E-state index is 12.2. The summed E-state index contributed by atoms with van der Waals surface area (Å²) in [6.45, 7) is 0. The van der Waals surface area contributed by atoms with Gasteiger partial charge in [0.2, 0.25) is 0 Å². The Morgan fingerprint density at radius 1 is 1.15 bits per heavy atom. The molecule has 0 atom stereocenters. The van der Waals surface area contributed by atoms with Gasteiger partial charge in [0, 0.05) is 10.4 Å². The maximum Gasteiger partial charge on any atom is 0.265 e. The van der Waals surface area contributed by atoms with E-state index < -0.39 is 0 Å². The number of anilines is 1. The lowest BCUT2D eigenvalue weighted by atomic mass is 10.2. The van der Waals surface area contributed by atoms with Crippen LogP contribution in [0.3, 0.4) is 0 Å². The van der Waals surface area contributed by atoms with Crippen LogP contribution in [0.15, 0.2) is 48.5 Å². The van der Waals surface area contributed by atoms with Crippen LogP contribution in [0.1, 0.15) is 9.67 Å². The number of aromatic hydroxyl groups is 1. The molecule has 0 spiro atoms. The lowest BCUT2D eigenvalue weighted by Crippen LogP contribution is -2.09. The fraction of sp³-hybridized carbons (Fsp3) is 0. The number of hydrogen-bond donors (Lipinski definition) is 2. The zero-order valence-corrected chi connectivity index (χ0v) is 11.8. The summed E-state index contributed by atoms with van der Waals surface area (Å²) in [6.07, 6.45) is 0. The molecule has 0 unspecified atom stereocenters. The average molecular weight is 304 g/mol. The smallest absolute Gasteiger partial charge is 0.265 e. The molecule has 1 aromatic heterocycles. The van der Waals surface area contributed by atoms with E-state index >= 15 is 0 Å². The van der Waals surface area contributed by atoms with Crippen molar-refractivity contribution in [2.45, 2.75) is 0 Å². The molecule has 3 nitrogen and oxygen atoms in total. The molecule has 2 aromatic carbocycles. The second-order valence-corrected chi connectivity index (χ2v) is 5.76. The first kappa shape index (κ1) is 13.0. The van der Waals surface area contributed by atoms with Crippen LogP contribution in [0.4, 0.5) is 5.69 Å². The highest BCUT2D eigenvalue weighted by Gasteiger charge is 2.11. The zero-order valence-electron chi connectivity index (χ0n) is 10.3. The highest BCUT2D eigenvalue weighted by Crippen LogP contribution is 2.28. The monoisotopic (exact) mass is 303 g/mol. The molecule has 1 heterocycles. The van der Waals surface area contributed by atoms with Gasteiger partial charge in [-0.05, 0) is 35.7 Å². The lowest BCUT2D eigenvalue weighted by Gasteiger charge is -2.04.